The Bertz CT molecular complexity index is 1900. The minimum absolute atomic E-state index is 0.241. The topological polar surface area (TPSA) is 307 Å². The molecule has 3 heterocycles. The van der Waals surface area contributed by atoms with Crippen molar-refractivity contribution in [1.82, 2.24) is 5.32 Å². The van der Waals surface area contributed by atoms with Crippen LogP contribution in [0.3, 0.4) is 0 Å². The van der Waals surface area contributed by atoms with Gasteiger partial charge in [-0.1, -0.05) is 340 Å². The number of ether oxygens (including phenoxy) is 6. The summed E-state index contributed by atoms with van der Waals surface area (Å²) < 4.78 is 34.5. The van der Waals surface area contributed by atoms with Crippen LogP contribution in [0.2, 0.25) is 0 Å². The molecule has 3 fully saturated rings. The second kappa shape index (κ2) is 62.3. The van der Waals surface area contributed by atoms with Crippen molar-refractivity contribution in [3.8, 4) is 0 Å². The minimum Gasteiger partial charge on any atom is -0.394 e. The van der Waals surface area contributed by atoms with E-state index in [1.165, 1.54) is 283 Å². The van der Waals surface area contributed by atoms with E-state index in [1.807, 2.05) is 6.08 Å². The Kier molecular flexibility index (Phi) is 57.6. The summed E-state index contributed by atoms with van der Waals surface area (Å²) in [6, 6.07) is -0.988. The average Bonchev–Trinajstić information content (AvgIpc) is 0.783. The van der Waals surface area contributed by atoms with Gasteiger partial charge in [-0.15, -0.1) is 0 Å². The fraction of sp³-hybridized carbons (Fsp3) is 0.938. The van der Waals surface area contributed by atoms with Crippen LogP contribution < -0.4 is 5.32 Å². The third kappa shape index (κ3) is 42.0. The van der Waals surface area contributed by atoms with Crippen molar-refractivity contribution in [2.45, 2.75) is 458 Å². The standard InChI is InChI=1S/C81H153NO18/c1-3-5-7-9-11-13-15-17-19-21-23-25-27-28-29-30-31-32-33-34-35-37-38-40-42-44-46-48-50-52-54-56-58-65(86)64(82-69(87)59-57-55-53-51-49-47-45-43-41-39-36-26-24-22-20-18-16-14-12-10-8-6-4-2)63-95-79-75(93)72(90)77(67(61-84)97-79)100-81-76(94)73(91)78(68(62-85)98-81)99-80-74(92)71(89)70(88)66(60-83)96-80/h48,50,56,58,64-68,70-81,83-86,88-94H,3-47,49,51-55,57,59-63H2,1-2H3,(H,82,87)/b50-48+,58-56+. The Hall–Kier alpha value is -1.73. The van der Waals surface area contributed by atoms with E-state index in [4.69, 9.17) is 28.4 Å². The van der Waals surface area contributed by atoms with Crippen molar-refractivity contribution in [1.29, 1.82) is 0 Å². The maximum Gasteiger partial charge on any atom is 0.220 e. The van der Waals surface area contributed by atoms with Crippen molar-refractivity contribution in [3.05, 3.63) is 24.3 Å². The highest BCUT2D eigenvalue weighted by atomic mass is 16.8. The number of aliphatic hydroxyl groups excluding tert-OH is 11. The van der Waals surface area contributed by atoms with Gasteiger partial charge >= 0.3 is 0 Å². The van der Waals surface area contributed by atoms with Crippen molar-refractivity contribution in [3.63, 3.8) is 0 Å². The molecule has 0 aliphatic carbocycles. The molecule has 1 amide bonds. The molecule has 3 rings (SSSR count). The molecule has 12 N–H and O–H groups in total. The summed E-state index contributed by atoms with van der Waals surface area (Å²) in [6.07, 6.45) is 49.0. The van der Waals surface area contributed by atoms with E-state index in [1.54, 1.807) is 6.08 Å². The zero-order chi connectivity index (χ0) is 72.5. The van der Waals surface area contributed by atoms with Gasteiger partial charge in [-0.2, -0.15) is 0 Å². The number of carbonyl (C=O) groups excluding carboxylic acids is 1. The predicted octanol–water partition coefficient (Wildman–Crippen LogP) is 14.1. The van der Waals surface area contributed by atoms with Crippen LogP contribution in [0.15, 0.2) is 24.3 Å². The van der Waals surface area contributed by atoms with Crippen LogP contribution in [0, 0.1) is 0 Å². The first-order valence-corrected chi connectivity index (χ1v) is 41.6. The number of nitrogens with one attached hydrogen (secondary N) is 1. The molecule has 100 heavy (non-hydrogen) atoms. The zero-order valence-electron chi connectivity index (χ0n) is 63.2. The summed E-state index contributed by atoms with van der Waals surface area (Å²) in [5.41, 5.74) is 0. The van der Waals surface area contributed by atoms with E-state index in [-0.39, 0.29) is 18.9 Å². The molecular formula is C81H153NO18. The van der Waals surface area contributed by atoms with Crippen molar-refractivity contribution in [2.24, 2.45) is 0 Å². The van der Waals surface area contributed by atoms with E-state index in [9.17, 15) is 61.0 Å². The summed E-state index contributed by atoms with van der Waals surface area (Å²) in [6.45, 7) is 1.78. The third-order valence-electron chi connectivity index (χ3n) is 21.0. The number of allylic oxidation sites excluding steroid dienone is 3. The Morgan fingerprint density at radius 2 is 0.640 bits per heavy atom. The number of unbranched alkanes of at least 4 members (excludes halogenated alkanes) is 49. The maximum absolute atomic E-state index is 13.5. The predicted molar refractivity (Wildman–Crippen MR) is 397 cm³/mol. The largest absolute Gasteiger partial charge is 0.394 e. The number of hydrogen-bond acceptors (Lipinski definition) is 18. The smallest absolute Gasteiger partial charge is 0.220 e. The normalized spacial score (nSPS) is 26.5. The van der Waals surface area contributed by atoms with Gasteiger partial charge in [0.25, 0.3) is 0 Å². The van der Waals surface area contributed by atoms with Crippen LogP contribution in [-0.4, -0.2) is 193 Å². The molecule has 3 saturated heterocycles. The molecule has 0 spiro atoms. The molecule has 19 heteroatoms. The molecule has 3 aliphatic heterocycles. The highest BCUT2D eigenvalue weighted by Crippen LogP contribution is 2.33. The van der Waals surface area contributed by atoms with Gasteiger partial charge in [0.2, 0.25) is 5.91 Å². The lowest BCUT2D eigenvalue weighted by Gasteiger charge is -2.48. The van der Waals surface area contributed by atoms with Crippen molar-refractivity contribution in [2.75, 3.05) is 26.4 Å². The second-order valence-electron chi connectivity index (χ2n) is 29.9. The second-order valence-corrected chi connectivity index (χ2v) is 29.9. The van der Waals surface area contributed by atoms with E-state index in [2.05, 4.69) is 31.3 Å². The summed E-state index contributed by atoms with van der Waals surface area (Å²) in [5, 5.41) is 121. The number of aliphatic hydroxyl groups is 11. The molecule has 0 saturated carbocycles. The van der Waals surface area contributed by atoms with Crippen LogP contribution in [0.4, 0.5) is 0 Å². The fourth-order valence-corrected chi connectivity index (χ4v) is 14.3. The first-order valence-electron chi connectivity index (χ1n) is 41.6. The molecule has 0 bridgehead atoms. The monoisotopic (exact) mass is 1430 g/mol. The first-order chi connectivity index (χ1) is 48.8. The van der Waals surface area contributed by atoms with Crippen molar-refractivity contribution < 1.29 is 89.4 Å². The first kappa shape index (κ1) is 92.5. The summed E-state index contributed by atoms with van der Waals surface area (Å²) in [4.78, 5) is 13.5. The van der Waals surface area contributed by atoms with Gasteiger partial charge in [0.1, 0.15) is 73.2 Å². The molecule has 17 atom stereocenters. The van der Waals surface area contributed by atoms with E-state index >= 15 is 0 Å². The SMILES string of the molecule is CCCCCCCCCCCCCCCCCCCCCCCCCCCC/C=C/CC/C=C/C(O)C(COC1OC(CO)C(OC2OC(CO)C(OC3OC(CO)C(O)C(O)C3O)C(O)C2O)C(O)C1O)NC(=O)CCCCCCCCCCCCCCCCCCCCCCCCC. The summed E-state index contributed by atoms with van der Waals surface area (Å²) in [5.74, 6) is -0.277. The van der Waals surface area contributed by atoms with E-state index in [0.717, 1.165) is 38.5 Å². The number of rotatable bonds is 67. The molecule has 0 aromatic rings. The van der Waals surface area contributed by atoms with Crippen LogP contribution in [-0.2, 0) is 33.2 Å². The van der Waals surface area contributed by atoms with E-state index < -0.39 is 124 Å². The number of hydrogen-bond donors (Lipinski definition) is 12. The van der Waals surface area contributed by atoms with E-state index in [0.29, 0.717) is 12.8 Å². The van der Waals surface area contributed by atoms with Gasteiger partial charge in [0.15, 0.2) is 18.9 Å². The van der Waals surface area contributed by atoms with Crippen LogP contribution in [0.1, 0.15) is 354 Å². The molecule has 0 aromatic heterocycles. The third-order valence-corrected chi connectivity index (χ3v) is 21.0. The van der Waals surface area contributed by atoms with Gasteiger partial charge < -0.3 is 89.9 Å². The fourth-order valence-electron chi connectivity index (χ4n) is 14.3. The van der Waals surface area contributed by atoms with Crippen LogP contribution in [0.5, 0.6) is 0 Å². The quantitative estimate of drug-likeness (QED) is 0.0199. The highest BCUT2D eigenvalue weighted by molar-refractivity contribution is 5.76. The molecule has 3 aliphatic rings. The van der Waals surface area contributed by atoms with Crippen molar-refractivity contribution >= 4 is 5.91 Å². The molecule has 19 nitrogen and oxygen atoms in total. The lowest BCUT2D eigenvalue weighted by Crippen LogP contribution is -2.66. The molecule has 0 aromatic carbocycles. The number of amides is 1. The Morgan fingerprint density at radius 3 is 1.00 bits per heavy atom. The number of carbonyl (C=O) groups is 1. The Morgan fingerprint density at radius 1 is 0.350 bits per heavy atom. The van der Waals surface area contributed by atoms with Gasteiger partial charge in [0, 0.05) is 6.42 Å². The zero-order valence-corrected chi connectivity index (χ0v) is 63.2. The molecule has 17 unspecified atom stereocenters. The molecule has 590 valence electrons. The van der Waals surface area contributed by atoms with Gasteiger partial charge in [-0.3, -0.25) is 4.79 Å². The van der Waals surface area contributed by atoms with Crippen LogP contribution in [0.25, 0.3) is 0 Å². The summed E-state index contributed by atoms with van der Waals surface area (Å²) in [7, 11) is 0. The lowest BCUT2D eigenvalue weighted by atomic mass is 9.96. The van der Waals surface area contributed by atoms with Gasteiger partial charge in [-0.25, -0.2) is 0 Å². The Balaban J connectivity index is 1.37. The maximum atomic E-state index is 13.5. The van der Waals surface area contributed by atoms with Gasteiger partial charge in [-0.05, 0) is 32.1 Å². The lowest BCUT2D eigenvalue weighted by molar-refractivity contribution is -0.379. The average molecular weight is 1430 g/mol. The highest BCUT2D eigenvalue weighted by Gasteiger charge is 2.54. The summed E-state index contributed by atoms with van der Waals surface area (Å²) >= 11 is 0. The van der Waals surface area contributed by atoms with Gasteiger partial charge in [0.05, 0.1) is 38.6 Å². The minimum atomic E-state index is -1.98. The Labute approximate surface area is 607 Å². The molecular weight excluding hydrogens is 1270 g/mol. The van der Waals surface area contributed by atoms with Crippen LogP contribution >= 0.6 is 0 Å². The molecule has 0 radical (unpaired) electrons.